The number of halogens is 4. The summed E-state index contributed by atoms with van der Waals surface area (Å²) in [5.41, 5.74) is 1.41. The molecule has 2 heterocycles. The summed E-state index contributed by atoms with van der Waals surface area (Å²) < 4.78 is 40.3. The number of anilines is 2. The zero-order chi connectivity index (χ0) is 18.3. The fraction of sp³-hybridized carbons (Fsp3) is 0.0556. The fourth-order valence-electron chi connectivity index (χ4n) is 2.66. The van der Waals surface area contributed by atoms with E-state index in [1.807, 2.05) is 12.1 Å². The van der Waals surface area contributed by atoms with E-state index in [9.17, 15) is 13.2 Å². The van der Waals surface area contributed by atoms with Gasteiger partial charge in [0.15, 0.2) is 0 Å². The van der Waals surface area contributed by atoms with Gasteiger partial charge in [-0.1, -0.05) is 34.1 Å². The molecule has 0 aliphatic carbocycles. The molecule has 0 spiro atoms. The average Bonchev–Trinajstić information content (AvgIpc) is 2.61. The minimum absolute atomic E-state index is 0.0711. The molecule has 130 valence electrons. The van der Waals surface area contributed by atoms with Crippen molar-refractivity contribution in [2.75, 3.05) is 5.32 Å². The third-order valence-electron chi connectivity index (χ3n) is 3.80. The molecular formula is C18H10BrF3N4. The Balaban J connectivity index is 1.93. The van der Waals surface area contributed by atoms with Crippen LogP contribution >= 0.6 is 15.9 Å². The van der Waals surface area contributed by atoms with Crippen LogP contribution in [0.5, 0.6) is 0 Å². The SMILES string of the molecule is FC(F)(F)c1nc(Nc2cccc3cccnc23)c2cc(Br)ccc2n1. The molecule has 1 N–H and O–H groups in total. The highest BCUT2D eigenvalue weighted by Crippen LogP contribution is 2.33. The lowest BCUT2D eigenvalue weighted by Gasteiger charge is -2.13. The molecule has 0 saturated heterocycles. The average molecular weight is 419 g/mol. The maximum Gasteiger partial charge on any atom is 0.451 e. The summed E-state index contributed by atoms with van der Waals surface area (Å²) in [4.78, 5) is 11.7. The van der Waals surface area contributed by atoms with Crippen LogP contribution in [0.2, 0.25) is 0 Å². The van der Waals surface area contributed by atoms with Crippen molar-refractivity contribution in [1.82, 2.24) is 15.0 Å². The van der Waals surface area contributed by atoms with E-state index in [1.54, 1.807) is 36.5 Å². The second kappa shape index (κ2) is 6.21. The summed E-state index contributed by atoms with van der Waals surface area (Å²) in [6.45, 7) is 0. The molecular weight excluding hydrogens is 409 g/mol. The lowest BCUT2D eigenvalue weighted by Crippen LogP contribution is -2.12. The molecule has 0 saturated carbocycles. The first-order chi connectivity index (χ1) is 12.4. The summed E-state index contributed by atoms with van der Waals surface area (Å²) in [7, 11) is 0. The number of fused-ring (bicyclic) bond motifs is 2. The van der Waals surface area contributed by atoms with E-state index in [4.69, 9.17) is 0 Å². The van der Waals surface area contributed by atoms with E-state index in [0.29, 0.717) is 21.1 Å². The highest BCUT2D eigenvalue weighted by molar-refractivity contribution is 9.10. The predicted octanol–water partition coefficient (Wildman–Crippen LogP) is 5.70. The van der Waals surface area contributed by atoms with E-state index in [0.717, 1.165) is 5.39 Å². The van der Waals surface area contributed by atoms with Crippen molar-refractivity contribution in [2.24, 2.45) is 0 Å². The van der Waals surface area contributed by atoms with Gasteiger partial charge in [0.2, 0.25) is 5.82 Å². The van der Waals surface area contributed by atoms with Crippen LogP contribution in [-0.4, -0.2) is 15.0 Å². The Hall–Kier alpha value is -2.74. The molecule has 0 aliphatic heterocycles. The molecule has 0 unspecified atom stereocenters. The van der Waals surface area contributed by atoms with Crippen molar-refractivity contribution in [3.8, 4) is 0 Å². The highest BCUT2D eigenvalue weighted by Gasteiger charge is 2.35. The van der Waals surface area contributed by atoms with Crippen LogP contribution in [0, 0.1) is 0 Å². The molecule has 0 atom stereocenters. The summed E-state index contributed by atoms with van der Waals surface area (Å²) in [5, 5.41) is 4.34. The van der Waals surface area contributed by atoms with Crippen LogP contribution in [0.1, 0.15) is 5.82 Å². The summed E-state index contributed by atoms with van der Waals surface area (Å²) in [5.74, 6) is -1.12. The van der Waals surface area contributed by atoms with Crippen molar-refractivity contribution in [1.29, 1.82) is 0 Å². The molecule has 2 aromatic carbocycles. The van der Waals surface area contributed by atoms with E-state index in [-0.39, 0.29) is 11.3 Å². The molecule has 4 aromatic rings. The van der Waals surface area contributed by atoms with Crippen molar-refractivity contribution in [3.63, 3.8) is 0 Å². The van der Waals surface area contributed by atoms with Crippen LogP contribution in [0.15, 0.2) is 59.2 Å². The molecule has 0 fully saturated rings. The van der Waals surface area contributed by atoms with E-state index in [2.05, 4.69) is 36.2 Å². The van der Waals surface area contributed by atoms with E-state index >= 15 is 0 Å². The molecule has 0 bridgehead atoms. The third-order valence-corrected chi connectivity index (χ3v) is 4.29. The molecule has 2 aromatic heterocycles. The van der Waals surface area contributed by atoms with E-state index in [1.165, 1.54) is 6.07 Å². The smallest absolute Gasteiger partial charge is 0.338 e. The Labute approximate surface area is 154 Å². The number of hydrogen-bond acceptors (Lipinski definition) is 4. The normalized spacial score (nSPS) is 11.8. The maximum atomic E-state index is 13.2. The second-order valence-corrected chi connectivity index (χ2v) is 6.48. The molecule has 4 rings (SSSR count). The van der Waals surface area contributed by atoms with Gasteiger partial charge in [0.05, 0.1) is 16.7 Å². The zero-order valence-corrected chi connectivity index (χ0v) is 14.6. The van der Waals surface area contributed by atoms with Crippen LogP contribution in [0.3, 0.4) is 0 Å². The Morgan fingerprint density at radius 3 is 2.58 bits per heavy atom. The van der Waals surface area contributed by atoms with Gasteiger partial charge in [0.25, 0.3) is 0 Å². The molecule has 4 nitrogen and oxygen atoms in total. The topological polar surface area (TPSA) is 50.7 Å². The number of para-hydroxylation sites is 1. The Morgan fingerprint density at radius 2 is 1.77 bits per heavy atom. The Morgan fingerprint density at radius 1 is 0.962 bits per heavy atom. The second-order valence-electron chi connectivity index (χ2n) is 5.56. The fourth-order valence-corrected chi connectivity index (χ4v) is 3.02. The number of hydrogen-bond donors (Lipinski definition) is 1. The van der Waals surface area contributed by atoms with Crippen LogP contribution in [0.4, 0.5) is 24.7 Å². The number of aromatic nitrogens is 3. The lowest BCUT2D eigenvalue weighted by atomic mass is 10.2. The minimum atomic E-state index is -4.64. The monoisotopic (exact) mass is 418 g/mol. The molecule has 0 aliphatic rings. The van der Waals surface area contributed by atoms with Gasteiger partial charge < -0.3 is 5.32 Å². The van der Waals surface area contributed by atoms with Crippen molar-refractivity contribution in [2.45, 2.75) is 6.18 Å². The first-order valence-electron chi connectivity index (χ1n) is 7.57. The number of nitrogens with zero attached hydrogens (tertiary/aromatic N) is 3. The molecule has 0 radical (unpaired) electrons. The number of nitrogens with one attached hydrogen (secondary N) is 1. The van der Waals surface area contributed by atoms with Crippen LogP contribution in [0.25, 0.3) is 21.8 Å². The molecule has 8 heteroatoms. The van der Waals surface area contributed by atoms with Crippen molar-refractivity contribution in [3.05, 3.63) is 65.0 Å². The number of alkyl halides is 3. The number of pyridine rings is 1. The van der Waals surface area contributed by atoms with Crippen LogP contribution < -0.4 is 5.32 Å². The lowest BCUT2D eigenvalue weighted by molar-refractivity contribution is -0.144. The van der Waals surface area contributed by atoms with Gasteiger partial charge in [0.1, 0.15) is 5.82 Å². The van der Waals surface area contributed by atoms with Gasteiger partial charge in [-0.05, 0) is 30.3 Å². The first-order valence-corrected chi connectivity index (χ1v) is 8.36. The maximum absolute atomic E-state index is 13.2. The zero-order valence-electron chi connectivity index (χ0n) is 13.0. The van der Waals surface area contributed by atoms with Gasteiger partial charge >= 0.3 is 6.18 Å². The summed E-state index contributed by atoms with van der Waals surface area (Å²) in [6.07, 6.45) is -3.02. The van der Waals surface area contributed by atoms with Crippen molar-refractivity contribution < 1.29 is 13.2 Å². The minimum Gasteiger partial charge on any atom is -0.338 e. The Kier molecular flexibility index (Phi) is 3.99. The van der Waals surface area contributed by atoms with Gasteiger partial charge in [0, 0.05) is 21.4 Å². The van der Waals surface area contributed by atoms with Gasteiger partial charge in [-0.15, -0.1) is 0 Å². The summed E-state index contributed by atoms with van der Waals surface area (Å²) >= 11 is 3.33. The standard InChI is InChI=1S/C18H10BrF3N4/c19-11-6-7-13-12(9-11)16(26-17(25-13)18(20,21)22)24-14-5-1-3-10-4-2-8-23-15(10)14/h1-9H,(H,24,25,26). The number of benzene rings is 2. The largest absolute Gasteiger partial charge is 0.451 e. The van der Waals surface area contributed by atoms with Crippen LogP contribution in [-0.2, 0) is 6.18 Å². The third kappa shape index (κ3) is 3.08. The molecule has 26 heavy (non-hydrogen) atoms. The van der Waals surface area contributed by atoms with Gasteiger partial charge in [-0.3, -0.25) is 4.98 Å². The van der Waals surface area contributed by atoms with E-state index < -0.39 is 12.0 Å². The van der Waals surface area contributed by atoms with Gasteiger partial charge in [-0.25, -0.2) is 9.97 Å². The van der Waals surface area contributed by atoms with Crippen molar-refractivity contribution >= 4 is 49.2 Å². The molecule has 0 amide bonds. The van der Waals surface area contributed by atoms with Gasteiger partial charge in [-0.2, -0.15) is 13.2 Å². The number of rotatable bonds is 2. The first kappa shape index (κ1) is 16.7. The summed E-state index contributed by atoms with van der Waals surface area (Å²) in [6, 6.07) is 13.9. The highest BCUT2D eigenvalue weighted by atomic mass is 79.9. The predicted molar refractivity (Wildman–Crippen MR) is 97.3 cm³/mol. The Bertz CT molecular complexity index is 1120. The quantitative estimate of drug-likeness (QED) is 0.453.